The Morgan fingerprint density at radius 2 is 0.792 bits per heavy atom. The minimum absolute atomic E-state index is 0.888. The predicted molar refractivity (Wildman–Crippen MR) is 117 cm³/mol. The molecule has 0 nitrogen and oxygen atoms in total. The Hall–Kier alpha value is 0.217. The number of hydrogen-bond acceptors (Lipinski definition) is 0. The van der Waals surface area contributed by atoms with Gasteiger partial charge in [0.2, 0.25) is 0 Å². The second kappa shape index (κ2) is 16.7. The van der Waals surface area contributed by atoms with Gasteiger partial charge in [0.15, 0.2) is 0 Å². The van der Waals surface area contributed by atoms with Gasteiger partial charge < -0.3 is 0 Å². The smallest absolute Gasteiger partial charge is 0.0499 e. The van der Waals surface area contributed by atoms with Crippen molar-refractivity contribution >= 4 is 8.07 Å². The van der Waals surface area contributed by atoms with Gasteiger partial charge in [-0.1, -0.05) is 148 Å². The van der Waals surface area contributed by atoms with Crippen LogP contribution < -0.4 is 0 Å². The van der Waals surface area contributed by atoms with Crippen LogP contribution in [0.2, 0.25) is 24.7 Å². The Balaban J connectivity index is 3.13. The van der Waals surface area contributed by atoms with Crippen LogP contribution in [0, 0.1) is 0 Å². The molecule has 0 saturated carbocycles. The standard InChI is InChI=1S/C23H50Si/c1-6-7-8-9-10-11-12-13-14-15-16-17-18-19-20-21-22-24(4,5)23(2)3/h23H,6-22H2,1-5H3. The maximum atomic E-state index is 2.57. The van der Waals surface area contributed by atoms with Crippen LogP contribution in [0.5, 0.6) is 0 Å². The minimum Gasteiger partial charge on any atom is -0.0692 e. The van der Waals surface area contributed by atoms with Gasteiger partial charge in [-0.05, 0) is 0 Å². The summed E-state index contributed by atoms with van der Waals surface area (Å²) < 4.78 is 0. The van der Waals surface area contributed by atoms with Crippen molar-refractivity contribution < 1.29 is 0 Å². The lowest BCUT2D eigenvalue weighted by atomic mass is 10.0. The van der Waals surface area contributed by atoms with Crippen molar-refractivity contribution in [1.82, 2.24) is 0 Å². The van der Waals surface area contributed by atoms with Crippen molar-refractivity contribution in [2.24, 2.45) is 0 Å². The van der Waals surface area contributed by atoms with Gasteiger partial charge in [0.25, 0.3) is 0 Å². The van der Waals surface area contributed by atoms with Crippen molar-refractivity contribution in [2.75, 3.05) is 0 Å². The largest absolute Gasteiger partial charge is 0.0692 e. The highest BCUT2D eigenvalue weighted by molar-refractivity contribution is 6.78. The number of unbranched alkanes of at least 4 members (excludes halogenated alkanes) is 15. The summed E-state index contributed by atoms with van der Waals surface area (Å²) in [6, 6.07) is 1.54. The van der Waals surface area contributed by atoms with Crippen LogP contribution in [0.15, 0.2) is 0 Å². The van der Waals surface area contributed by atoms with Crippen molar-refractivity contribution in [2.45, 2.75) is 148 Å². The van der Waals surface area contributed by atoms with E-state index in [0.717, 1.165) is 5.54 Å². The average molecular weight is 355 g/mol. The van der Waals surface area contributed by atoms with Crippen LogP contribution >= 0.6 is 0 Å². The first kappa shape index (κ1) is 24.2. The molecule has 0 radical (unpaired) electrons. The molecule has 0 aliphatic heterocycles. The maximum absolute atomic E-state index is 2.57. The molecule has 0 atom stereocenters. The summed E-state index contributed by atoms with van der Waals surface area (Å²) in [5.41, 5.74) is 0.953. The van der Waals surface area contributed by atoms with Crippen molar-refractivity contribution in [3.63, 3.8) is 0 Å². The topological polar surface area (TPSA) is 0 Å². The van der Waals surface area contributed by atoms with Crippen LogP contribution in [0.3, 0.4) is 0 Å². The zero-order valence-electron chi connectivity index (χ0n) is 18.1. The van der Waals surface area contributed by atoms with E-state index in [1.807, 2.05) is 0 Å². The number of rotatable bonds is 18. The van der Waals surface area contributed by atoms with E-state index in [-0.39, 0.29) is 0 Å². The van der Waals surface area contributed by atoms with Gasteiger partial charge in [-0.15, -0.1) is 0 Å². The molecule has 0 spiro atoms. The summed E-state index contributed by atoms with van der Waals surface area (Å²) in [6.45, 7) is 12.3. The van der Waals surface area contributed by atoms with E-state index in [0.29, 0.717) is 0 Å². The van der Waals surface area contributed by atoms with Gasteiger partial charge in [0.1, 0.15) is 0 Å². The Labute approximate surface area is 156 Å². The van der Waals surface area contributed by atoms with Gasteiger partial charge in [-0.2, -0.15) is 0 Å². The molecule has 0 amide bonds. The monoisotopic (exact) mass is 354 g/mol. The zero-order valence-corrected chi connectivity index (χ0v) is 19.1. The summed E-state index contributed by atoms with van der Waals surface area (Å²) in [4.78, 5) is 0. The maximum Gasteiger partial charge on any atom is 0.0499 e. The van der Waals surface area contributed by atoms with E-state index in [2.05, 4.69) is 33.9 Å². The molecule has 0 heterocycles. The fraction of sp³-hybridized carbons (Fsp3) is 1.00. The fourth-order valence-corrected chi connectivity index (χ4v) is 5.16. The normalized spacial score (nSPS) is 12.2. The molecule has 0 rings (SSSR count). The third-order valence-corrected chi connectivity index (χ3v) is 11.0. The van der Waals surface area contributed by atoms with E-state index < -0.39 is 8.07 Å². The second-order valence-electron chi connectivity index (χ2n) is 9.20. The summed E-state index contributed by atoms with van der Waals surface area (Å²) >= 11 is 0. The highest BCUT2D eigenvalue weighted by Crippen LogP contribution is 2.27. The molecule has 0 unspecified atom stereocenters. The van der Waals surface area contributed by atoms with Gasteiger partial charge >= 0.3 is 0 Å². The van der Waals surface area contributed by atoms with Crippen LogP contribution in [-0.2, 0) is 0 Å². The van der Waals surface area contributed by atoms with E-state index in [4.69, 9.17) is 0 Å². The van der Waals surface area contributed by atoms with E-state index in [1.165, 1.54) is 103 Å². The summed E-state index contributed by atoms with van der Waals surface area (Å²) in [5.74, 6) is 0. The van der Waals surface area contributed by atoms with E-state index >= 15 is 0 Å². The second-order valence-corrected chi connectivity index (χ2v) is 14.8. The molecule has 24 heavy (non-hydrogen) atoms. The molecule has 146 valence electrons. The Bertz CT molecular complexity index is 244. The molecule has 0 fully saturated rings. The van der Waals surface area contributed by atoms with Gasteiger partial charge in [-0.3, -0.25) is 0 Å². The Morgan fingerprint density at radius 1 is 0.500 bits per heavy atom. The van der Waals surface area contributed by atoms with Crippen LogP contribution in [0.25, 0.3) is 0 Å². The Kier molecular flexibility index (Phi) is 16.8. The van der Waals surface area contributed by atoms with Gasteiger partial charge in [0.05, 0.1) is 0 Å². The first-order valence-corrected chi connectivity index (χ1v) is 14.8. The molecular formula is C23H50Si. The molecular weight excluding hydrogens is 304 g/mol. The predicted octanol–water partition coefficient (Wildman–Crippen LogP) is 9.37. The lowest BCUT2D eigenvalue weighted by Gasteiger charge is -2.26. The molecule has 0 saturated heterocycles. The van der Waals surface area contributed by atoms with Crippen LogP contribution in [-0.4, -0.2) is 8.07 Å². The van der Waals surface area contributed by atoms with Crippen molar-refractivity contribution in [1.29, 1.82) is 0 Å². The first-order valence-electron chi connectivity index (χ1n) is 11.5. The van der Waals surface area contributed by atoms with Crippen molar-refractivity contribution in [3.8, 4) is 0 Å². The summed E-state index contributed by atoms with van der Waals surface area (Å²) in [6.07, 6.45) is 23.6. The van der Waals surface area contributed by atoms with Gasteiger partial charge in [-0.25, -0.2) is 0 Å². The highest BCUT2D eigenvalue weighted by atomic mass is 28.3. The quantitative estimate of drug-likeness (QED) is 0.170. The molecule has 0 aromatic rings. The van der Waals surface area contributed by atoms with E-state index in [9.17, 15) is 0 Å². The summed E-state index contributed by atoms with van der Waals surface area (Å²) in [7, 11) is -0.888. The SMILES string of the molecule is CCCCCCCCCCCCCCCCCC[Si](C)(C)C(C)C. The molecule has 0 aliphatic carbocycles. The van der Waals surface area contributed by atoms with Gasteiger partial charge in [0, 0.05) is 8.07 Å². The van der Waals surface area contributed by atoms with Crippen molar-refractivity contribution in [3.05, 3.63) is 0 Å². The lowest BCUT2D eigenvalue weighted by Crippen LogP contribution is -2.28. The fourth-order valence-electron chi connectivity index (χ4n) is 3.42. The first-order chi connectivity index (χ1) is 11.5. The minimum atomic E-state index is -0.888. The third kappa shape index (κ3) is 15.7. The van der Waals surface area contributed by atoms with E-state index in [1.54, 1.807) is 6.04 Å². The molecule has 1 heteroatoms. The molecule has 0 aromatic carbocycles. The zero-order chi connectivity index (χ0) is 18.1. The lowest BCUT2D eigenvalue weighted by molar-refractivity contribution is 0.531. The Morgan fingerprint density at radius 3 is 1.08 bits per heavy atom. The highest BCUT2D eigenvalue weighted by Gasteiger charge is 2.23. The molecule has 0 N–H and O–H groups in total. The third-order valence-electron chi connectivity index (χ3n) is 6.24. The average Bonchev–Trinajstić information content (AvgIpc) is 2.54. The molecule has 0 aromatic heterocycles. The molecule has 0 aliphatic rings. The summed E-state index contributed by atoms with van der Waals surface area (Å²) in [5, 5.41) is 0. The van der Waals surface area contributed by atoms with Crippen LogP contribution in [0.4, 0.5) is 0 Å². The molecule has 0 bridgehead atoms. The number of hydrogen-bond donors (Lipinski definition) is 0. The van der Waals surface area contributed by atoms with Crippen LogP contribution in [0.1, 0.15) is 124 Å².